The van der Waals surface area contributed by atoms with Crippen LogP contribution in [0, 0.1) is 5.41 Å². The molecule has 1 fully saturated rings. The predicted octanol–water partition coefficient (Wildman–Crippen LogP) is 1.31. The van der Waals surface area contributed by atoms with Crippen LogP contribution >= 0.6 is 0 Å². The van der Waals surface area contributed by atoms with Gasteiger partial charge >= 0.3 is 0 Å². The van der Waals surface area contributed by atoms with Crippen molar-refractivity contribution >= 4 is 5.95 Å². The molecule has 1 aromatic heterocycles. The van der Waals surface area contributed by atoms with E-state index in [1.807, 2.05) is 4.90 Å². The molecule has 0 bridgehead atoms. The summed E-state index contributed by atoms with van der Waals surface area (Å²) in [6.45, 7) is 4.18. The van der Waals surface area contributed by atoms with Gasteiger partial charge in [0.1, 0.15) is 0 Å². The third-order valence-corrected chi connectivity index (χ3v) is 3.25. The summed E-state index contributed by atoms with van der Waals surface area (Å²) in [7, 11) is 0. The highest BCUT2D eigenvalue weighted by Crippen LogP contribution is 2.30. The number of rotatable bonds is 3. The van der Waals surface area contributed by atoms with Crippen LogP contribution < -0.4 is 10.6 Å². The van der Waals surface area contributed by atoms with Crippen LogP contribution in [-0.2, 0) is 0 Å². The molecular formula is C10H17F2N5. The second-order valence-corrected chi connectivity index (χ2v) is 4.86. The van der Waals surface area contributed by atoms with Gasteiger partial charge in [-0.05, 0) is 24.8 Å². The smallest absolute Gasteiger partial charge is 0.296 e. The van der Waals surface area contributed by atoms with Crippen molar-refractivity contribution in [2.24, 2.45) is 11.1 Å². The topological polar surface area (TPSA) is 70.8 Å². The van der Waals surface area contributed by atoms with Crippen LogP contribution in [-0.4, -0.2) is 34.8 Å². The Morgan fingerprint density at radius 1 is 1.59 bits per heavy atom. The molecule has 0 aliphatic carbocycles. The molecule has 2 heterocycles. The number of anilines is 1. The minimum absolute atomic E-state index is 0.0177. The van der Waals surface area contributed by atoms with Crippen molar-refractivity contribution in [2.45, 2.75) is 26.2 Å². The number of hydrogen-bond acceptors (Lipinski definition) is 4. The Morgan fingerprint density at radius 3 is 2.94 bits per heavy atom. The summed E-state index contributed by atoms with van der Waals surface area (Å²) in [6.07, 6.45) is -0.583. The van der Waals surface area contributed by atoms with Crippen molar-refractivity contribution in [3.8, 4) is 0 Å². The van der Waals surface area contributed by atoms with E-state index < -0.39 is 6.43 Å². The molecule has 0 aromatic carbocycles. The monoisotopic (exact) mass is 245 g/mol. The van der Waals surface area contributed by atoms with Crippen LogP contribution in [0.15, 0.2) is 0 Å². The van der Waals surface area contributed by atoms with Crippen LogP contribution in [0.2, 0.25) is 0 Å². The number of halogens is 2. The van der Waals surface area contributed by atoms with Crippen LogP contribution in [0.1, 0.15) is 32.0 Å². The SMILES string of the molecule is CC1(CN)CCCN(c2n[nH]c(C(F)F)n2)C1. The maximum Gasteiger partial charge on any atom is 0.296 e. The van der Waals surface area contributed by atoms with Gasteiger partial charge in [0.15, 0.2) is 5.82 Å². The molecule has 1 atom stereocenters. The fourth-order valence-corrected chi connectivity index (χ4v) is 2.16. The number of nitrogens with zero attached hydrogens (tertiary/aromatic N) is 3. The second kappa shape index (κ2) is 4.56. The van der Waals surface area contributed by atoms with E-state index in [0.29, 0.717) is 19.0 Å². The molecule has 5 nitrogen and oxygen atoms in total. The van der Waals surface area contributed by atoms with Crippen molar-refractivity contribution in [1.82, 2.24) is 15.2 Å². The van der Waals surface area contributed by atoms with Gasteiger partial charge in [-0.3, -0.25) is 5.10 Å². The van der Waals surface area contributed by atoms with E-state index in [2.05, 4.69) is 22.1 Å². The molecule has 1 aliphatic rings. The van der Waals surface area contributed by atoms with Crippen molar-refractivity contribution in [1.29, 1.82) is 0 Å². The third-order valence-electron chi connectivity index (χ3n) is 3.25. The Hall–Kier alpha value is -1.24. The first-order valence-electron chi connectivity index (χ1n) is 5.69. The molecule has 0 amide bonds. The zero-order chi connectivity index (χ0) is 12.5. The van der Waals surface area contributed by atoms with Crippen molar-refractivity contribution < 1.29 is 8.78 Å². The van der Waals surface area contributed by atoms with Gasteiger partial charge < -0.3 is 10.6 Å². The van der Waals surface area contributed by atoms with Gasteiger partial charge in [0, 0.05) is 13.1 Å². The minimum atomic E-state index is -2.61. The lowest BCUT2D eigenvalue weighted by atomic mass is 9.82. The number of hydrogen-bond donors (Lipinski definition) is 2. The highest BCUT2D eigenvalue weighted by molar-refractivity contribution is 5.30. The van der Waals surface area contributed by atoms with E-state index in [1.54, 1.807) is 0 Å². The maximum atomic E-state index is 12.4. The Bertz CT molecular complexity index is 381. The average Bonchev–Trinajstić information content (AvgIpc) is 2.78. The Balaban J connectivity index is 2.11. The standard InChI is InChI=1S/C10H17F2N5/c1-10(5-13)3-2-4-17(6-10)9-14-8(7(11)12)15-16-9/h7H,2-6,13H2,1H3,(H,14,15,16). The van der Waals surface area contributed by atoms with Gasteiger partial charge in [-0.2, -0.15) is 4.98 Å². The molecule has 1 saturated heterocycles. The third kappa shape index (κ3) is 2.54. The first-order valence-corrected chi connectivity index (χ1v) is 5.69. The minimum Gasteiger partial charge on any atom is -0.339 e. The van der Waals surface area contributed by atoms with Gasteiger partial charge in [0.2, 0.25) is 5.95 Å². The number of H-pyrrole nitrogens is 1. The molecule has 7 heteroatoms. The normalized spacial score (nSPS) is 25.6. The summed E-state index contributed by atoms with van der Waals surface area (Å²) in [6, 6.07) is 0. The molecule has 0 saturated carbocycles. The average molecular weight is 245 g/mol. The highest BCUT2D eigenvalue weighted by atomic mass is 19.3. The zero-order valence-electron chi connectivity index (χ0n) is 9.79. The van der Waals surface area contributed by atoms with E-state index >= 15 is 0 Å². The Kier molecular flexibility index (Phi) is 3.28. The number of nitrogens with one attached hydrogen (secondary N) is 1. The second-order valence-electron chi connectivity index (χ2n) is 4.86. The Morgan fingerprint density at radius 2 is 2.35 bits per heavy atom. The molecule has 0 radical (unpaired) electrons. The summed E-state index contributed by atoms with van der Waals surface area (Å²) < 4.78 is 24.8. The molecule has 1 aliphatic heterocycles. The number of aromatic amines is 1. The predicted molar refractivity (Wildman–Crippen MR) is 59.9 cm³/mol. The largest absolute Gasteiger partial charge is 0.339 e. The van der Waals surface area contributed by atoms with Crippen LogP contribution in [0.25, 0.3) is 0 Å². The molecule has 2 rings (SSSR count). The van der Waals surface area contributed by atoms with E-state index in [-0.39, 0.29) is 11.2 Å². The zero-order valence-corrected chi connectivity index (χ0v) is 9.79. The lowest BCUT2D eigenvalue weighted by Gasteiger charge is -2.39. The quantitative estimate of drug-likeness (QED) is 0.842. The fourth-order valence-electron chi connectivity index (χ4n) is 2.16. The van der Waals surface area contributed by atoms with Crippen molar-refractivity contribution in [3.05, 3.63) is 5.82 Å². The molecule has 0 spiro atoms. The van der Waals surface area contributed by atoms with E-state index in [1.165, 1.54) is 0 Å². The van der Waals surface area contributed by atoms with Crippen molar-refractivity contribution in [3.63, 3.8) is 0 Å². The van der Waals surface area contributed by atoms with Gasteiger partial charge in [-0.15, -0.1) is 5.10 Å². The molecule has 17 heavy (non-hydrogen) atoms. The van der Waals surface area contributed by atoms with Crippen LogP contribution in [0.3, 0.4) is 0 Å². The maximum absolute atomic E-state index is 12.4. The number of aromatic nitrogens is 3. The van der Waals surface area contributed by atoms with Crippen LogP contribution in [0.4, 0.5) is 14.7 Å². The molecular weight excluding hydrogens is 228 g/mol. The lowest BCUT2D eigenvalue weighted by molar-refractivity contribution is 0.141. The van der Waals surface area contributed by atoms with Gasteiger partial charge in [-0.25, -0.2) is 8.78 Å². The van der Waals surface area contributed by atoms with E-state index in [0.717, 1.165) is 19.4 Å². The van der Waals surface area contributed by atoms with Crippen LogP contribution in [0.5, 0.6) is 0 Å². The van der Waals surface area contributed by atoms with Gasteiger partial charge in [-0.1, -0.05) is 6.92 Å². The van der Waals surface area contributed by atoms with Gasteiger partial charge in [0.05, 0.1) is 0 Å². The van der Waals surface area contributed by atoms with E-state index in [9.17, 15) is 8.78 Å². The van der Waals surface area contributed by atoms with Crippen molar-refractivity contribution in [2.75, 3.05) is 24.5 Å². The number of alkyl halides is 2. The molecule has 1 aromatic rings. The summed E-state index contributed by atoms with van der Waals surface area (Å²) in [5.41, 5.74) is 5.75. The summed E-state index contributed by atoms with van der Waals surface area (Å²) in [4.78, 5) is 5.72. The highest BCUT2D eigenvalue weighted by Gasteiger charge is 2.31. The van der Waals surface area contributed by atoms with E-state index in [4.69, 9.17) is 5.73 Å². The molecule has 96 valence electrons. The lowest BCUT2D eigenvalue weighted by Crippen LogP contribution is -2.46. The molecule has 1 unspecified atom stereocenters. The molecule has 3 N–H and O–H groups in total. The number of piperidine rings is 1. The summed E-state index contributed by atoms with van der Waals surface area (Å²) in [5.74, 6) is -0.0281. The fraction of sp³-hybridized carbons (Fsp3) is 0.800. The first kappa shape index (κ1) is 12.2. The summed E-state index contributed by atoms with van der Waals surface area (Å²) in [5, 5.41) is 6.09. The Labute approximate surface area is 98.4 Å². The van der Waals surface area contributed by atoms with Gasteiger partial charge in [0.25, 0.3) is 6.43 Å². The first-order chi connectivity index (χ1) is 8.04. The number of nitrogens with two attached hydrogens (primary N) is 1. The summed E-state index contributed by atoms with van der Waals surface area (Å²) >= 11 is 0.